The molecule has 23 heavy (non-hydrogen) atoms. The average Bonchev–Trinajstić information content (AvgIpc) is 2.48. The van der Waals surface area contributed by atoms with Crippen molar-refractivity contribution in [3.05, 3.63) is 69.3 Å². The summed E-state index contributed by atoms with van der Waals surface area (Å²) in [5.74, 6) is -1.83. The van der Waals surface area contributed by atoms with E-state index in [0.717, 1.165) is 5.56 Å². The van der Waals surface area contributed by atoms with Crippen LogP contribution in [0.5, 0.6) is 5.75 Å². The Morgan fingerprint density at radius 1 is 1.17 bits per heavy atom. The number of ether oxygens (including phenoxy) is 1. The monoisotopic (exact) mass is 315 g/mol. The molecule has 118 valence electrons. The summed E-state index contributed by atoms with van der Waals surface area (Å²) >= 11 is 0. The van der Waals surface area contributed by atoms with Crippen molar-refractivity contribution in [2.75, 3.05) is 0 Å². The molecule has 0 saturated heterocycles. The van der Waals surface area contributed by atoms with E-state index in [9.17, 15) is 24.8 Å². The van der Waals surface area contributed by atoms with Gasteiger partial charge in [-0.3, -0.25) is 14.9 Å². The number of nitro benzene ring substituents is 1. The third kappa shape index (κ3) is 3.91. The lowest BCUT2D eigenvalue weighted by atomic mass is 10.0. The van der Waals surface area contributed by atoms with E-state index in [-0.39, 0.29) is 23.4 Å². The number of carboxylic acids is 1. The molecule has 0 bridgehead atoms. The number of rotatable bonds is 5. The van der Waals surface area contributed by atoms with Crippen LogP contribution in [0.3, 0.4) is 0 Å². The average molecular weight is 315 g/mol. The highest BCUT2D eigenvalue weighted by Gasteiger charge is 2.17. The Morgan fingerprint density at radius 2 is 1.83 bits per heavy atom. The van der Waals surface area contributed by atoms with Gasteiger partial charge in [-0.1, -0.05) is 24.3 Å². The van der Waals surface area contributed by atoms with Crippen LogP contribution in [0.1, 0.15) is 28.4 Å². The number of nitro groups is 1. The second-order valence-corrected chi connectivity index (χ2v) is 4.79. The number of non-ortho nitro benzene ring substituents is 1. The van der Waals surface area contributed by atoms with Gasteiger partial charge in [0.25, 0.3) is 5.69 Å². The van der Waals surface area contributed by atoms with E-state index in [2.05, 4.69) is 0 Å². The third-order valence-electron chi connectivity index (χ3n) is 3.11. The fourth-order valence-electron chi connectivity index (χ4n) is 2.11. The normalized spacial score (nSPS) is 10.1. The molecule has 2 aromatic rings. The minimum Gasteiger partial charge on any atom is -0.478 e. The standard InChI is InChI=1S/C16H13NO6/c1-10(18)23-15-12(3-2-4-14(15)16(19)20)9-11-5-7-13(8-6-11)17(21)22/h2-8H,9H2,1H3,(H,19,20). The summed E-state index contributed by atoms with van der Waals surface area (Å²) in [6, 6.07) is 10.4. The van der Waals surface area contributed by atoms with Gasteiger partial charge < -0.3 is 9.84 Å². The predicted octanol–water partition coefficient (Wildman–Crippen LogP) is 2.81. The van der Waals surface area contributed by atoms with Crippen molar-refractivity contribution in [1.29, 1.82) is 0 Å². The van der Waals surface area contributed by atoms with E-state index in [1.54, 1.807) is 24.3 Å². The Labute approximate surface area is 131 Å². The molecule has 0 unspecified atom stereocenters. The zero-order chi connectivity index (χ0) is 17.0. The van der Waals surface area contributed by atoms with Gasteiger partial charge in [0.05, 0.1) is 4.92 Å². The van der Waals surface area contributed by atoms with Gasteiger partial charge in [-0.15, -0.1) is 0 Å². The van der Waals surface area contributed by atoms with Crippen LogP contribution in [-0.2, 0) is 11.2 Å². The van der Waals surface area contributed by atoms with E-state index in [4.69, 9.17) is 4.74 Å². The van der Waals surface area contributed by atoms with E-state index in [0.29, 0.717) is 5.56 Å². The number of carbonyl (C=O) groups excluding carboxylic acids is 1. The highest BCUT2D eigenvalue weighted by atomic mass is 16.6. The van der Waals surface area contributed by atoms with E-state index >= 15 is 0 Å². The summed E-state index contributed by atoms with van der Waals surface area (Å²) in [6.45, 7) is 1.19. The lowest BCUT2D eigenvalue weighted by Gasteiger charge is -2.12. The number of aromatic carboxylic acids is 1. The maximum Gasteiger partial charge on any atom is 0.339 e. The maximum atomic E-state index is 11.3. The van der Waals surface area contributed by atoms with Crippen LogP contribution in [0.2, 0.25) is 0 Å². The Balaban J connectivity index is 2.38. The van der Waals surface area contributed by atoms with Crippen LogP contribution >= 0.6 is 0 Å². The summed E-state index contributed by atoms with van der Waals surface area (Å²) in [7, 11) is 0. The van der Waals surface area contributed by atoms with Crippen LogP contribution in [0.4, 0.5) is 5.69 Å². The molecule has 0 atom stereocenters. The van der Waals surface area contributed by atoms with Gasteiger partial charge in [0.1, 0.15) is 11.3 Å². The van der Waals surface area contributed by atoms with Crippen molar-refractivity contribution < 1.29 is 24.4 Å². The summed E-state index contributed by atoms with van der Waals surface area (Å²) < 4.78 is 5.04. The molecular formula is C16H13NO6. The zero-order valence-corrected chi connectivity index (χ0v) is 12.2. The van der Waals surface area contributed by atoms with E-state index < -0.39 is 16.9 Å². The molecule has 2 aromatic carbocycles. The first-order chi connectivity index (χ1) is 10.9. The zero-order valence-electron chi connectivity index (χ0n) is 12.2. The van der Waals surface area contributed by atoms with Crippen molar-refractivity contribution in [2.45, 2.75) is 13.3 Å². The number of hydrogen-bond acceptors (Lipinski definition) is 5. The molecule has 2 rings (SSSR count). The van der Waals surface area contributed by atoms with Gasteiger partial charge in [0.2, 0.25) is 0 Å². The van der Waals surface area contributed by atoms with Crippen LogP contribution in [0.15, 0.2) is 42.5 Å². The number of esters is 1. The van der Waals surface area contributed by atoms with Crippen molar-refractivity contribution >= 4 is 17.6 Å². The quantitative estimate of drug-likeness (QED) is 0.393. The molecule has 0 aliphatic carbocycles. The van der Waals surface area contributed by atoms with Gasteiger partial charge >= 0.3 is 11.9 Å². The Morgan fingerprint density at radius 3 is 2.35 bits per heavy atom. The molecule has 0 aliphatic rings. The largest absolute Gasteiger partial charge is 0.478 e. The molecule has 0 saturated carbocycles. The van der Waals surface area contributed by atoms with Crippen LogP contribution < -0.4 is 4.74 Å². The van der Waals surface area contributed by atoms with Gasteiger partial charge in [-0.2, -0.15) is 0 Å². The van der Waals surface area contributed by atoms with E-state index in [1.165, 1.54) is 25.1 Å². The topological polar surface area (TPSA) is 107 Å². The lowest BCUT2D eigenvalue weighted by molar-refractivity contribution is -0.384. The molecule has 7 nitrogen and oxygen atoms in total. The molecule has 0 heterocycles. The van der Waals surface area contributed by atoms with Gasteiger partial charge in [0.15, 0.2) is 0 Å². The number of carbonyl (C=O) groups is 2. The number of nitrogens with zero attached hydrogens (tertiary/aromatic N) is 1. The van der Waals surface area contributed by atoms with Crippen molar-refractivity contribution in [3.63, 3.8) is 0 Å². The summed E-state index contributed by atoms with van der Waals surface area (Å²) in [6.07, 6.45) is 0.279. The Kier molecular flexibility index (Phi) is 4.70. The van der Waals surface area contributed by atoms with Crippen LogP contribution in [0.25, 0.3) is 0 Å². The molecule has 1 N–H and O–H groups in total. The van der Waals surface area contributed by atoms with Crippen LogP contribution in [0, 0.1) is 10.1 Å². The first-order valence-corrected chi connectivity index (χ1v) is 6.65. The predicted molar refractivity (Wildman–Crippen MR) is 80.6 cm³/mol. The lowest BCUT2D eigenvalue weighted by Crippen LogP contribution is -2.10. The van der Waals surface area contributed by atoms with Crippen molar-refractivity contribution in [3.8, 4) is 5.75 Å². The smallest absolute Gasteiger partial charge is 0.339 e. The van der Waals surface area contributed by atoms with Gasteiger partial charge in [0, 0.05) is 31.0 Å². The summed E-state index contributed by atoms with van der Waals surface area (Å²) in [5.41, 5.74) is 1.09. The van der Waals surface area contributed by atoms with Gasteiger partial charge in [-0.25, -0.2) is 4.79 Å². The minimum atomic E-state index is -1.20. The van der Waals surface area contributed by atoms with Crippen molar-refractivity contribution in [1.82, 2.24) is 0 Å². The molecule has 0 aliphatic heterocycles. The maximum absolute atomic E-state index is 11.3. The summed E-state index contributed by atoms with van der Waals surface area (Å²) in [5, 5.41) is 19.8. The molecular weight excluding hydrogens is 302 g/mol. The Hall–Kier alpha value is -3.22. The molecule has 0 aromatic heterocycles. The fourth-order valence-corrected chi connectivity index (χ4v) is 2.11. The second-order valence-electron chi connectivity index (χ2n) is 4.79. The molecule has 0 fully saturated rings. The number of para-hydroxylation sites is 1. The number of benzene rings is 2. The number of hydrogen-bond donors (Lipinski definition) is 1. The Bertz CT molecular complexity index is 767. The highest BCUT2D eigenvalue weighted by Crippen LogP contribution is 2.27. The highest BCUT2D eigenvalue weighted by molar-refractivity contribution is 5.92. The first-order valence-electron chi connectivity index (χ1n) is 6.65. The SMILES string of the molecule is CC(=O)Oc1c(Cc2ccc([N+](=O)[O-])cc2)cccc1C(=O)O. The second kappa shape index (κ2) is 6.69. The number of carboxylic acid groups (broad SMARTS) is 1. The van der Waals surface area contributed by atoms with Gasteiger partial charge in [-0.05, 0) is 11.6 Å². The molecule has 0 spiro atoms. The van der Waals surface area contributed by atoms with E-state index in [1.807, 2.05) is 0 Å². The fraction of sp³-hybridized carbons (Fsp3) is 0.125. The molecule has 0 radical (unpaired) electrons. The first kappa shape index (κ1) is 16.2. The summed E-state index contributed by atoms with van der Waals surface area (Å²) in [4.78, 5) is 32.6. The minimum absolute atomic E-state index is 0.00847. The molecule has 0 amide bonds. The molecule has 7 heteroatoms. The van der Waals surface area contributed by atoms with Crippen LogP contribution in [-0.4, -0.2) is 22.0 Å². The third-order valence-corrected chi connectivity index (χ3v) is 3.11. The van der Waals surface area contributed by atoms with Crippen molar-refractivity contribution in [2.24, 2.45) is 0 Å².